The molecule has 29 heavy (non-hydrogen) atoms. The van der Waals surface area contributed by atoms with Crippen LogP contribution < -0.4 is 10.8 Å². The molecule has 0 saturated carbocycles. The number of carbonyl (C=O) groups is 2. The maximum absolute atomic E-state index is 12.7. The van der Waals surface area contributed by atoms with Crippen LogP contribution in [0.2, 0.25) is 0 Å². The quantitative estimate of drug-likeness (QED) is 0.197. The summed E-state index contributed by atoms with van der Waals surface area (Å²) >= 11 is 3.44. The first-order chi connectivity index (χ1) is 14.1. The van der Waals surface area contributed by atoms with E-state index in [4.69, 9.17) is 9.47 Å². The molecule has 0 spiro atoms. The summed E-state index contributed by atoms with van der Waals surface area (Å²) < 4.78 is 10.8. The number of hydrogen-bond acceptors (Lipinski definition) is 7. The van der Waals surface area contributed by atoms with Gasteiger partial charge in [0.25, 0.3) is 0 Å². The largest absolute Gasteiger partial charge is 0.356 e. The molecule has 2 rings (SSSR count). The van der Waals surface area contributed by atoms with Crippen molar-refractivity contribution >= 4 is 35.3 Å². The van der Waals surface area contributed by atoms with Crippen LogP contribution in [0.25, 0.3) is 0 Å². The molecule has 3 unspecified atom stereocenters. The first-order valence-electron chi connectivity index (χ1n) is 9.77. The number of ether oxygens (including phenoxy) is 2. The average Bonchev–Trinajstić information content (AvgIpc) is 2.76. The summed E-state index contributed by atoms with van der Waals surface area (Å²) in [7, 11) is 0. The smallest absolute Gasteiger partial charge is 0.246 e. The summed E-state index contributed by atoms with van der Waals surface area (Å²) in [6.07, 6.45) is 0.808. The van der Waals surface area contributed by atoms with E-state index in [0.717, 1.165) is 22.8 Å². The molecule has 1 aliphatic rings. The third-order valence-electron chi connectivity index (χ3n) is 4.52. The van der Waals surface area contributed by atoms with Gasteiger partial charge in [0.15, 0.2) is 0 Å². The van der Waals surface area contributed by atoms with E-state index >= 15 is 0 Å². The molecule has 0 bridgehead atoms. The van der Waals surface area contributed by atoms with Crippen molar-refractivity contribution in [3.63, 3.8) is 0 Å². The van der Waals surface area contributed by atoms with Gasteiger partial charge in [-0.25, -0.2) is 5.48 Å². The van der Waals surface area contributed by atoms with E-state index in [9.17, 15) is 14.8 Å². The van der Waals surface area contributed by atoms with E-state index < -0.39 is 11.8 Å². The van der Waals surface area contributed by atoms with Gasteiger partial charge in [-0.3, -0.25) is 14.8 Å². The number of nitrogens with one attached hydrogen (secondary N) is 2. The third kappa shape index (κ3) is 8.96. The Morgan fingerprint density at radius 2 is 2.03 bits per heavy atom. The third-order valence-corrected chi connectivity index (χ3v) is 7.27. The second-order valence-corrected chi connectivity index (χ2v) is 9.18. The Morgan fingerprint density at radius 3 is 2.69 bits per heavy atom. The average molecular weight is 443 g/mol. The summed E-state index contributed by atoms with van der Waals surface area (Å²) in [5.41, 5.74) is 2.75. The Labute approximate surface area is 180 Å². The highest BCUT2D eigenvalue weighted by Gasteiger charge is 2.28. The number of thioether (sulfide) groups is 2. The van der Waals surface area contributed by atoms with E-state index in [1.807, 2.05) is 37.3 Å². The molecule has 7 nitrogen and oxygen atoms in total. The van der Waals surface area contributed by atoms with Gasteiger partial charge >= 0.3 is 0 Å². The fourth-order valence-electron chi connectivity index (χ4n) is 3.05. The van der Waals surface area contributed by atoms with Crippen molar-refractivity contribution in [2.24, 2.45) is 5.92 Å². The van der Waals surface area contributed by atoms with Gasteiger partial charge in [-0.2, -0.15) is 11.8 Å². The van der Waals surface area contributed by atoms with Gasteiger partial charge < -0.3 is 14.8 Å². The SMILES string of the molecule is CCOCOCC(CC(Cc1ccccc1)C(=O)NO)NC(=O)C1CSCCS1. The Morgan fingerprint density at radius 1 is 1.24 bits per heavy atom. The zero-order chi connectivity index (χ0) is 20.9. The summed E-state index contributed by atoms with van der Waals surface area (Å²) in [6, 6.07) is 9.24. The maximum atomic E-state index is 12.7. The molecule has 1 heterocycles. The highest BCUT2D eigenvalue weighted by molar-refractivity contribution is 8.07. The fraction of sp³-hybridized carbons (Fsp3) is 0.600. The Bertz CT molecular complexity index is 614. The van der Waals surface area contributed by atoms with Crippen LogP contribution >= 0.6 is 23.5 Å². The van der Waals surface area contributed by atoms with Crippen LogP contribution in [-0.2, 0) is 25.5 Å². The minimum atomic E-state index is -0.503. The zero-order valence-corrected chi connectivity index (χ0v) is 18.3. The molecule has 0 radical (unpaired) electrons. The molecule has 1 aromatic carbocycles. The van der Waals surface area contributed by atoms with Crippen LogP contribution in [0.4, 0.5) is 0 Å². The number of hydroxylamine groups is 1. The standard InChI is InChI=1S/C20H30N2O5S2/c1-2-26-14-27-12-17(21-20(24)18-13-28-8-9-29-18)11-16(19(23)22-25)10-15-6-4-3-5-7-15/h3-7,16-18,25H,2,8-14H2,1H3,(H,21,24)(H,22,23). The highest BCUT2D eigenvalue weighted by atomic mass is 32.2. The number of amides is 2. The first-order valence-corrected chi connectivity index (χ1v) is 12.0. The second-order valence-electron chi connectivity index (χ2n) is 6.72. The van der Waals surface area contributed by atoms with Gasteiger partial charge in [0, 0.05) is 29.8 Å². The molecular weight excluding hydrogens is 412 g/mol. The van der Waals surface area contributed by atoms with Crippen LogP contribution in [0.15, 0.2) is 30.3 Å². The summed E-state index contributed by atoms with van der Waals surface area (Å²) in [4.78, 5) is 25.0. The topological polar surface area (TPSA) is 96.9 Å². The monoisotopic (exact) mass is 442 g/mol. The van der Waals surface area contributed by atoms with Crippen molar-refractivity contribution in [2.45, 2.75) is 31.1 Å². The van der Waals surface area contributed by atoms with Crippen molar-refractivity contribution in [2.75, 3.05) is 37.3 Å². The summed E-state index contributed by atoms with van der Waals surface area (Å²) in [6.45, 7) is 2.78. The van der Waals surface area contributed by atoms with Crippen LogP contribution in [0.5, 0.6) is 0 Å². The van der Waals surface area contributed by atoms with Crippen molar-refractivity contribution in [1.29, 1.82) is 0 Å². The van der Waals surface area contributed by atoms with Crippen molar-refractivity contribution < 1.29 is 24.3 Å². The minimum absolute atomic E-state index is 0.0323. The lowest BCUT2D eigenvalue weighted by atomic mass is 9.92. The van der Waals surface area contributed by atoms with Gasteiger partial charge in [-0.05, 0) is 25.3 Å². The van der Waals surface area contributed by atoms with Crippen LogP contribution in [0, 0.1) is 5.92 Å². The molecule has 1 aliphatic heterocycles. The Balaban J connectivity index is 2.02. The molecule has 1 saturated heterocycles. The zero-order valence-electron chi connectivity index (χ0n) is 16.7. The molecule has 1 aromatic rings. The first kappa shape index (κ1) is 24.0. The van der Waals surface area contributed by atoms with Crippen molar-refractivity contribution in [1.82, 2.24) is 10.8 Å². The normalized spacial score (nSPS) is 18.6. The number of carbonyl (C=O) groups excluding carboxylic acids is 2. The van der Waals surface area contributed by atoms with Gasteiger partial charge in [-0.1, -0.05) is 30.3 Å². The highest BCUT2D eigenvalue weighted by Crippen LogP contribution is 2.24. The van der Waals surface area contributed by atoms with Gasteiger partial charge in [0.05, 0.1) is 17.9 Å². The molecule has 3 atom stereocenters. The Kier molecular flexibility index (Phi) is 11.5. The summed E-state index contributed by atoms with van der Waals surface area (Å²) in [5, 5.41) is 12.1. The molecule has 3 N–H and O–H groups in total. The summed E-state index contributed by atoms with van der Waals surface area (Å²) in [5.74, 6) is 1.80. The van der Waals surface area contributed by atoms with Crippen molar-refractivity contribution in [3.05, 3.63) is 35.9 Å². The lowest BCUT2D eigenvalue weighted by molar-refractivity contribution is -0.134. The molecule has 1 fully saturated rings. The van der Waals surface area contributed by atoms with Crippen molar-refractivity contribution in [3.8, 4) is 0 Å². The molecule has 9 heteroatoms. The number of rotatable bonds is 12. The van der Waals surface area contributed by atoms with E-state index in [0.29, 0.717) is 19.4 Å². The minimum Gasteiger partial charge on any atom is -0.356 e. The Hall–Kier alpha value is -1.26. The van der Waals surface area contributed by atoms with Gasteiger partial charge in [-0.15, -0.1) is 11.8 Å². The number of benzene rings is 1. The lowest BCUT2D eigenvalue weighted by Crippen LogP contribution is -2.46. The van der Waals surface area contributed by atoms with E-state index in [1.54, 1.807) is 29.0 Å². The molecule has 0 aliphatic carbocycles. The molecule has 0 aromatic heterocycles. The lowest BCUT2D eigenvalue weighted by Gasteiger charge is -2.27. The molecule has 162 valence electrons. The van der Waals surface area contributed by atoms with Crippen LogP contribution in [0.3, 0.4) is 0 Å². The predicted molar refractivity (Wildman–Crippen MR) is 116 cm³/mol. The van der Waals surface area contributed by atoms with E-state index in [-0.39, 0.29) is 30.6 Å². The van der Waals surface area contributed by atoms with Gasteiger partial charge in [0.1, 0.15) is 6.79 Å². The van der Waals surface area contributed by atoms with Crippen LogP contribution in [-0.4, -0.2) is 65.6 Å². The van der Waals surface area contributed by atoms with Gasteiger partial charge in [0.2, 0.25) is 11.8 Å². The predicted octanol–water partition coefficient (Wildman–Crippen LogP) is 2.08. The molecular formula is C20H30N2O5S2. The van der Waals surface area contributed by atoms with E-state index in [2.05, 4.69) is 5.32 Å². The second kappa shape index (κ2) is 13.9. The van der Waals surface area contributed by atoms with E-state index in [1.165, 1.54) is 0 Å². The van der Waals surface area contributed by atoms with Crippen LogP contribution in [0.1, 0.15) is 18.9 Å². The number of hydrogen-bond donors (Lipinski definition) is 3. The maximum Gasteiger partial charge on any atom is 0.246 e. The molecule has 2 amide bonds. The fourth-order valence-corrected chi connectivity index (χ4v) is 5.62.